The Morgan fingerprint density at radius 1 is 0.960 bits per heavy atom. The lowest BCUT2D eigenvalue weighted by Gasteiger charge is -2.19. The van der Waals surface area contributed by atoms with Gasteiger partial charge in [0.15, 0.2) is 0 Å². The van der Waals surface area contributed by atoms with Gasteiger partial charge in [0.1, 0.15) is 29.0 Å². The zero-order valence-corrected chi connectivity index (χ0v) is 13.8. The summed E-state index contributed by atoms with van der Waals surface area (Å²) in [6, 6.07) is 5.50. The average Bonchev–Trinajstić information content (AvgIpc) is 2.83. The van der Waals surface area contributed by atoms with Crippen molar-refractivity contribution in [1.82, 2.24) is 0 Å². The number of benzene rings is 2. The molecule has 0 atom stereocenters. The zero-order chi connectivity index (χ0) is 17.7. The molecule has 0 spiro atoms. The summed E-state index contributed by atoms with van der Waals surface area (Å²) in [5, 5.41) is 21.2. The van der Waals surface area contributed by atoms with E-state index in [1.165, 1.54) is 18.2 Å². The number of allylic oxidation sites excluding steroid dienone is 1. The number of thiophene rings is 1. The van der Waals surface area contributed by atoms with Crippen LogP contribution in [0.3, 0.4) is 0 Å². The smallest absolute Gasteiger partial charge is 0.137 e. The lowest BCUT2D eigenvalue weighted by molar-refractivity contribution is 0.463. The molecular weight excluding hydrogens is 349 g/mol. The minimum Gasteiger partial charge on any atom is -0.507 e. The van der Waals surface area contributed by atoms with Crippen molar-refractivity contribution in [3.8, 4) is 16.9 Å². The molecule has 1 aliphatic rings. The number of hydrogen-bond acceptors (Lipinski definition) is 3. The SMILES string of the molecule is OC(=C1CCC1)c1sc2cc(F)ccc2c1-c1c(O)cc(F)cc1F. The van der Waals surface area contributed by atoms with Crippen LogP contribution in [-0.2, 0) is 0 Å². The fourth-order valence-corrected chi connectivity index (χ4v) is 4.27. The number of hydrogen-bond donors (Lipinski definition) is 2. The first-order chi connectivity index (χ1) is 12.0. The highest BCUT2D eigenvalue weighted by Crippen LogP contribution is 2.48. The van der Waals surface area contributed by atoms with E-state index >= 15 is 0 Å². The molecular formula is C19H13F3O2S. The molecule has 3 aromatic rings. The van der Waals surface area contributed by atoms with Gasteiger partial charge in [-0.3, -0.25) is 0 Å². The normalized spacial score (nSPS) is 14.0. The van der Waals surface area contributed by atoms with E-state index in [0.717, 1.165) is 42.2 Å². The lowest BCUT2D eigenvalue weighted by atomic mass is 9.89. The topological polar surface area (TPSA) is 40.5 Å². The summed E-state index contributed by atoms with van der Waals surface area (Å²) in [6.07, 6.45) is 2.45. The van der Waals surface area contributed by atoms with Crippen molar-refractivity contribution in [2.75, 3.05) is 0 Å². The average molecular weight is 362 g/mol. The first-order valence-electron chi connectivity index (χ1n) is 7.77. The molecule has 2 nitrogen and oxygen atoms in total. The van der Waals surface area contributed by atoms with Crippen LogP contribution in [0.25, 0.3) is 27.0 Å². The molecule has 1 saturated carbocycles. The Labute approximate surface area is 145 Å². The van der Waals surface area contributed by atoms with Crippen LogP contribution in [0.15, 0.2) is 35.9 Å². The van der Waals surface area contributed by atoms with Crippen LogP contribution >= 0.6 is 11.3 Å². The van der Waals surface area contributed by atoms with E-state index in [4.69, 9.17) is 0 Å². The van der Waals surface area contributed by atoms with Crippen LogP contribution in [0.1, 0.15) is 24.1 Å². The number of phenols is 1. The molecule has 0 aliphatic heterocycles. The van der Waals surface area contributed by atoms with Crippen LogP contribution in [0.4, 0.5) is 13.2 Å². The van der Waals surface area contributed by atoms with E-state index in [-0.39, 0.29) is 16.9 Å². The summed E-state index contributed by atoms with van der Waals surface area (Å²) in [5.41, 5.74) is 0.905. The molecule has 1 heterocycles. The van der Waals surface area contributed by atoms with Crippen molar-refractivity contribution in [3.05, 3.63) is 58.2 Å². The lowest BCUT2D eigenvalue weighted by Crippen LogP contribution is -2.01. The van der Waals surface area contributed by atoms with Gasteiger partial charge >= 0.3 is 0 Å². The third kappa shape index (κ3) is 2.57. The van der Waals surface area contributed by atoms with Gasteiger partial charge in [0, 0.05) is 27.8 Å². The second-order valence-electron chi connectivity index (χ2n) is 6.03. The van der Waals surface area contributed by atoms with Gasteiger partial charge in [0.05, 0.1) is 10.4 Å². The molecule has 1 aliphatic carbocycles. The number of aromatic hydroxyl groups is 1. The van der Waals surface area contributed by atoms with Gasteiger partial charge in [-0.1, -0.05) is 0 Å². The third-order valence-electron chi connectivity index (χ3n) is 4.44. The Morgan fingerprint density at radius 3 is 2.36 bits per heavy atom. The largest absolute Gasteiger partial charge is 0.507 e. The first kappa shape index (κ1) is 16.0. The molecule has 0 amide bonds. The Kier molecular flexibility index (Phi) is 3.72. The molecule has 1 fully saturated rings. The van der Waals surface area contributed by atoms with Gasteiger partial charge in [-0.15, -0.1) is 11.3 Å². The highest BCUT2D eigenvalue weighted by atomic mass is 32.1. The molecule has 6 heteroatoms. The fourth-order valence-electron chi connectivity index (χ4n) is 3.04. The summed E-state index contributed by atoms with van der Waals surface area (Å²) >= 11 is 1.12. The van der Waals surface area contributed by atoms with E-state index in [0.29, 0.717) is 21.0 Å². The van der Waals surface area contributed by atoms with Crippen LogP contribution in [-0.4, -0.2) is 10.2 Å². The minimum atomic E-state index is -0.936. The van der Waals surface area contributed by atoms with Crippen molar-refractivity contribution in [2.24, 2.45) is 0 Å². The van der Waals surface area contributed by atoms with Gasteiger partial charge in [-0.25, -0.2) is 13.2 Å². The van der Waals surface area contributed by atoms with E-state index in [1.807, 2.05) is 0 Å². The van der Waals surface area contributed by atoms with E-state index < -0.39 is 23.2 Å². The number of aliphatic hydroxyl groups is 1. The standard InChI is InChI=1S/C19H13F3O2S/c20-10-4-5-12-15(8-10)25-19(18(24)9-2-1-3-9)16(12)17-13(22)6-11(21)7-14(17)23/h4-8,23-24H,1-3H2. The minimum absolute atomic E-state index is 0.0333. The molecule has 0 saturated heterocycles. The van der Waals surface area contributed by atoms with Crippen molar-refractivity contribution >= 4 is 27.2 Å². The molecule has 2 aromatic carbocycles. The molecule has 2 N–H and O–H groups in total. The van der Waals surface area contributed by atoms with Crippen molar-refractivity contribution in [3.63, 3.8) is 0 Å². The van der Waals surface area contributed by atoms with Gasteiger partial charge in [-0.05, 0) is 43.0 Å². The highest BCUT2D eigenvalue weighted by molar-refractivity contribution is 7.20. The summed E-state index contributed by atoms with van der Waals surface area (Å²) in [6.45, 7) is 0. The van der Waals surface area contributed by atoms with Crippen molar-refractivity contribution in [1.29, 1.82) is 0 Å². The van der Waals surface area contributed by atoms with Crippen molar-refractivity contribution < 1.29 is 23.4 Å². The molecule has 0 bridgehead atoms. The second-order valence-corrected chi connectivity index (χ2v) is 7.09. The van der Waals surface area contributed by atoms with E-state index in [9.17, 15) is 23.4 Å². The Hall–Kier alpha value is -2.47. The van der Waals surface area contributed by atoms with Crippen molar-refractivity contribution in [2.45, 2.75) is 19.3 Å². The Balaban J connectivity index is 2.08. The number of halogens is 3. The molecule has 0 unspecified atom stereocenters. The second kappa shape index (κ2) is 5.81. The van der Waals surface area contributed by atoms with Gasteiger partial charge in [-0.2, -0.15) is 0 Å². The maximum Gasteiger partial charge on any atom is 0.137 e. The van der Waals surface area contributed by atoms with Gasteiger partial charge in [0.25, 0.3) is 0 Å². The number of aliphatic hydroxyl groups excluding tert-OH is 1. The third-order valence-corrected chi connectivity index (χ3v) is 5.60. The Bertz CT molecular complexity index is 1010. The molecule has 1 aromatic heterocycles. The quantitative estimate of drug-likeness (QED) is 0.537. The molecule has 0 radical (unpaired) electrons. The summed E-state index contributed by atoms with van der Waals surface area (Å²) in [7, 11) is 0. The molecule has 128 valence electrons. The maximum absolute atomic E-state index is 14.5. The molecule has 4 rings (SSSR count). The monoisotopic (exact) mass is 362 g/mol. The number of rotatable bonds is 2. The zero-order valence-electron chi connectivity index (χ0n) is 12.9. The van der Waals surface area contributed by atoms with Gasteiger partial charge in [0.2, 0.25) is 0 Å². The summed E-state index contributed by atoms with van der Waals surface area (Å²) < 4.78 is 41.9. The summed E-state index contributed by atoms with van der Waals surface area (Å²) in [4.78, 5) is 0.358. The summed E-state index contributed by atoms with van der Waals surface area (Å²) in [5.74, 6) is -2.81. The van der Waals surface area contributed by atoms with E-state index in [1.54, 1.807) is 0 Å². The van der Waals surface area contributed by atoms with Crippen LogP contribution in [0, 0.1) is 17.5 Å². The van der Waals surface area contributed by atoms with Crippen LogP contribution in [0.2, 0.25) is 0 Å². The van der Waals surface area contributed by atoms with Crippen LogP contribution < -0.4 is 0 Å². The highest BCUT2D eigenvalue weighted by Gasteiger charge is 2.26. The first-order valence-corrected chi connectivity index (χ1v) is 8.59. The van der Waals surface area contributed by atoms with E-state index in [2.05, 4.69) is 0 Å². The Morgan fingerprint density at radius 2 is 1.72 bits per heavy atom. The predicted molar refractivity (Wildman–Crippen MR) is 92.2 cm³/mol. The van der Waals surface area contributed by atoms with Gasteiger partial charge < -0.3 is 10.2 Å². The number of fused-ring (bicyclic) bond motifs is 1. The maximum atomic E-state index is 14.5. The predicted octanol–water partition coefficient (Wildman–Crippen LogP) is 6.14. The molecule has 25 heavy (non-hydrogen) atoms. The fraction of sp³-hybridized carbons (Fsp3) is 0.158. The van der Waals surface area contributed by atoms with Crippen LogP contribution in [0.5, 0.6) is 5.75 Å². The number of phenolic OH excluding ortho intramolecular Hbond substituents is 1.